The molecule has 0 bridgehead atoms. The molecular formula is C26H29N3O4S. The van der Waals surface area contributed by atoms with E-state index in [1.807, 2.05) is 44.2 Å². The fraction of sp³-hybridized carbons (Fsp3) is 0.346. The number of carbonyl (C=O) groups is 3. The molecule has 2 fully saturated rings. The summed E-state index contributed by atoms with van der Waals surface area (Å²) in [6.45, 7) is 5.65. The SMILES string of the molecule is COc1cc(N2CCCCC2)ccc1/C=C1\SC(=O)N(CC(=O)Nc2ccc(C)c(C)c2)C1=O. The Morgan fingerprint density at radius 2 is 1.82 bits per heavy atom. The van der Waals surface area contributed by atoms with Crippen LogP contribution in [0.2, 0.25) is 0 Å². The number of hydrogen-bond acceptors (Lipinski definition) is 6. The first-order chi connectivity index (χ1) is 16.4. The van der Waals surface area contributed by atoms with Gasteiger partial charge in [0, 0.05) is 36.1 Å². The highest BCUT2D eigenvalue weighted by Gasteiger charge is 2.36. The monoisotopic (exact) mass is 479 g/mol. The Hall–Kier alpha value is -3.26. The van der Waals surface area contributed by atoms with Crippen molar-refractivity contribution in [2.45, 2.75) is 33.1 Å². The highest BCUT2D eigenvalue weighted by molar-refractivity contribution is 8.18. The van der Waals surface area contributed by atoms with E-state index < -0.39 is 17.1 Å². The third-order valence-electron chi connectivity index (χ3n) is 6.19. The minimum Gasteiger partial charge on any atom is -0.496 e. The van der Waals surface area contributed by atoms with E-state index in [-0.39, 0.29) is 11.4 Å². The van der Waals surface area contributed by atoms with Crippen LogP contribution in [0.25, 0.3) is 6.08 Å². The number of piperidine rings is 1. The van der Waals surface area contributed by atoms with Crippen molar-refractivity contribution in [2.75, 3.05) is 37.0 Å². The quantitative estimate of drug-likeness (QED) is 0.589. The third-order valence-corrected chi connectivity index (χ3v) is 7.10. The number of imide groups is 1. The molecule has 0 aromatic heterocycles. The van der Waals surface area contributed by atoms with Gasteiger partial charge in [0.15, 0.2) is 0 Å². The number of anilines is 2. The normalized spacial score (nSPS) is 17.4. The molecule has 178 valence electrons. The number of carbonyl (C=O) groups excluding carboxylic acids is 3. The van der Waals surface area contributed by atoms with Crippen molar-refractivity contribution in [3.8, 4) is 5.75 Å². The minimum absolute atomic E-state index is 0.271. The number of rotatable bonds is 6. The molecule has 0 atom stereocenters. The van der Waals surface area contributed by atoms with Crippen LogP contribution in [0, 0.1) is 13.8 Å². The number of hydrogen-bond donors (Lipinski definition) is 1. The maximum atomic E-state index is 12.9. The van der Waals surface area contributed by atoms with E-state index >= 15 is 0 Å². The largest absolute Gasteiger partial charge is 0.496 e. The van der Waals surface area contributed by atoms with Gasteiger partial charge in [0.2, 0.25) is 5.91 Å². The van der Waals surface area contributed by atoms with Gasteiger partial charge in [0.05, 0.1) is 12.0 Å². The van der Waals surface area contributed by atoms with Gasteiger partial charge in [-0.1, -0.05) is 6.07 Å². The topological polar surface area (TPSA) is 79.0 Å². The number of thioether (sulfide) groups is 1. The summed E-state index contributed by atoms with van der Waals surface area (Å²) >= 11 is 0.833. The number of ether oxygens (including phenoxy) is 1. The molecule has 2 aromatic carbocycles. The molecule has 0 spiro atoms. The van der Waals surface area contributed by atoms with Crippen LogP contribution in [0.15, 0.2) is 41.3 Å². The summed E-state index contributed by atoms with van der Waals surface area (Å²) in [5, 5.41) is 2.30. The summed E-state index contributed by atoms with van der Waals surface area (Å²) in [7, 11) is 1.59. The molecular weight excluding hydrogens is 450 g/mol. The van der Waals surface area contributed by atoms with Gasteiger partial charge >= 0.3 is 0 Å². The molecule has 7 nitrogen and oxygen atoms in total. The molecule has 2 aliphatic rings. The van der Waals surface area contributed by atoms with Crippen LogP contribution in [0.1, 0.15) is 36.0 Å². The molecule has 3 amide bonds. The van der Waals surface area contributed by atoms with Crippen molar-refractivity contribution in [1.29, 1.82) is 0 Å². The van der Waals surface area contributed by atoms with E-state index in [4.69, 9.17) is 4.74 Å². The standard InChI is InChI=1S/C26H29N3O4S/c1-17-7-9-20(13-18(17)2)27-24(30)16-29-25(31)23(34-26(29)32)14-19-8-10-21(15-22(19)33-3)28-11-5-4-6-12-28/h7-10,13-15H,4-6,11-12,16H2,1-3H3,(H,27,30)/b23-14-. The second-order valence-electron chi connectivity index (χ2n) is 8.59. The molecule has 8 heteroatoms. The Kier molecular flexibility index (Phi) is 7.26. The minimum atomic E-state index is -0.479. The van der Waals surface area contributed by atoms with Crippen molar-refractivity contribution in [1.82, 2.24) is 4.90 Å². The van der Waals surface area contributed by atoms with Crippen LogP contribution in [0.5, 0.6) is 5.75 Å². The summed E-state index contributed by atoms with van der Waals surface area (Å²) in [5.41, 5.74) is 4.60. The Labute approximate surface area is 204 Å². The van der Waals surface area contributed by atoms with Crippen LogP contribution in [-0.4, -0.2) is 48.7 Å². The molecule has 1 N–H and O–H groups in total. The first-order valence-corrected chi connectivity index (χ1v) is 12.2. The summed E-state index contributed by atoms with van der Waals surface area (Å²) in [6.07, 6.45) is 5.26. The Bertz CT molecular complexity index is 1150. The zero-order chi connectivity index (χ0) is 24.2. The second-order valence-corrected chi connectivity index (χ2v) is 9.58. The van der Waals surface area contributed by atoms with Gasteiger partial charge in [-0.3, -0.25) is 19.3 Å². The summed E-state index contributed by atoms with van der Waals surface area (Å²) in [5.74, 6) is -0.259. The van der Waals surface area contributed by atoms with Gasteiger partial charge in [0.1, 0.15) is 12.3 Å². The predicted octanol–water partition coefficient (Wildman–Crippen LogP) is 4.98. The van der Waals surface area contributed by atoms with Crippen molar-refractivity contribution in [2.24, 2.45) is 0 Å². The third kappa shape index (κ3) is 5.28. The lowest BCUT2D eigenvalue weighted by molar-refractivity contribution is -0.127. The fourth-order valence-electron chi connectivity index (χ4n) is 4.11. The molecule has 0 aliphatic carbocycles. The molecule has 0 saturated carbocycles. The maximum Gasteiger partial charge on any atom is 0.294 e. The van der Waals surface area contributed by atoms with Crippen LogP contribution < -0.4 is 15.0 Å². The molecule has 2 aliphatic heterocycles. The number of nitrogens with zero attached hydrogens (tertiary/aromatic N) is 2. The molecule has 0 radical (unpaired) electrons. The van der Waals surface area contributed by atoms with Crippen molar-refractivity contribution in [3.05, 3.63) is 58.0 Å². The van der Waals surface area contributed by atoms with Gasteiger partial charge in [-0.05, 0) is 86.3 Å². The molecule has 2 heterocycles. The summed E-state index contributed by atoms with van der Waals surface area (Å²) < 4.78 is 5.57. The number of benzene rings is 2. The Morgan fingerprint density at radius 3 is 2.53 bits per heavy atom. The van der Waals surface area contributed by atoms with Gasteiger partial charge in [-0.2, -0.15) is 0 Å². The van der Waals surface area contributed by atoms with Crippen LogP contribution in [-0.2, 0) is 9.59 Å². The number of amides is 3. The lowest BCUT2D eigenvalue weighted by atomic mass is 10.1. The highest BCUT2D eigenvalue weighted by atomic mass is 32.2. The average Bonchev–Trinajstić information content (AvgIpc) is 3.09. The predicted molar refractivity (Wildman–Crippen MR) is 136 cm³/mol. The summed E-state index contributed by atoms with van der Waals surface area (Å²) in [6, 6.07) is 11.5. The zero-order valence-electron chi connectivity index (χ0n) is 19.7. The van der Waals surface area contributed by atoms with E-state index in [0.717, 1.165) is 46.6 Å². The first kappa shape index (κ1) is 23.9. The number of nitrogens with one attached hydrogen (secondary N) is 1. The van der Waals surface area contributed by atoms with Gasteiger partial charge in [-0.25, -0.2) is 0 Å². The zero-order valence-corrected chi connectivity index (χ0v) is 20.5. The van der Waals surface area contributed by atoms with Crippen LogP contribution in [0.4, 0.5) is 16.2 Å². The van der Waals surface area contributed by atoms with Crippen molar-refractivity contribution < 1.29 is 19.1 Å². The number of aryl methyl sites for hydroxylation is 2. The van der Waals surface area contributed by atoms with E-state index in [1.165, 1.54) is 19.3 Å². The lowest BCUT2D eigenvalue weighted by Gasteiger charge is -2.29. The lowest BCUT2D eigenvalue weighted by Crippen LogP contribution is -2.36. The highest BCUT2D eigenvalue weighted by Crippen LogP contribution is 2.35. The van der Waals surface area contributed by atoms with Gasteiger partial charge in [-0.15, -0.1) is 0 Å². The average molecular weight is 480 g/mol. The van der Waals surface area contributed by atoms with Gasteiger partial charge in [0.25, 0.3) is 11.1 Å². The Morgan fingerprint density at radius 1 is 1.06 bits per heavy atom. The van der Waals surface area contributed by atoms with Gasteiger partial charge < -0.3 is 15.0 Å². The van der Waals surface area contributed by atoms with E-state index in [1.54, 1.807) is 19.3 Å². The van der Waals surface area contributed by atoms with E-state index in [0.29, 0.717) is 17.0 Å². The molecule has 0 unspecified atom stereocenters. The first-order valence-electron chi connectivity index (χ1n) is 11.4. The van der Waals surface area contributed by atoms with E-state index in [2.05, 4.69) is 10.2 Å². The smallest absolute Gasteiger partial charge is 0.294 e. The molecule has 2 saturated heterocycles. The van der Waals surface area contributed by atoms with Crippen molar-refractivity contribution >= 4 is 46.3 Å². The maximum absolute atomic E-state index is 12.9. The Balaban J connectivity index is 1.46. The van der Waals surface area contributed by atoms with Crippen molar-refractivity contribution in [3.63, 3.8) is 0 Å². The van der Waals surface area contributed by atoms with E-state index in [9.17, 15) is 14.4 Å². The molecule has 4 rings (SSSR count). The number of methoxy groups -OCH3 is 1. The van der Waals surface area contributed by atoms with Crippen LogP contribution >= 0.6 is 11.8 Å². The molecule has 2 aromatic rings. The fourth-order valence-corrected chi connectivity index (χ4v) is 4.94. The molecule has 34 heavy (non-hydrogen) atoms. The van der Waals surface area contributed by atoms with Crippen LogP contribution in [0.3, 0.4) is 0 Å². The summed E-state index contributed by atoms with van der Waals surface area (Å²) in [4.78, 5) is 41.5. The second kappa shape index (κ2) is 10.3.